The number of anilines is 1. The van der Waals surface area contributed by atoms with E-state index in [1.807, 2.05) is 42.3 Å². The summed E-state index contributed by atoms with van der Waals surface area (Å²) in [4.78, 5) is 18.2. The number of carbonyl (C=O) groups is 1. The monoisotopic (exact) mass is 283 g/mol. The summed E-state index contributed by atoms with van der Waals surface area (Å²) in [5, 5.41) is 0. The fourth-order valence-electron chi connectivity index (χ4n) is 2.19. The van der Waals surface area contributed by atoms with E-state index in [4.69, 9.17) is 0 Å². The van der Waals surface area contributed by atoms with E-state index in [-0.39, 0.29) is 24.0 Å². The van der Waals surface area contributed by atoms with Crippen molar-refractivity contribution in [2.24, 2.45) is 0 Å². The maximum absolute atomic E-state index is 12.4. The lowest BCUT2D eigenvalue weighted by Crippen LogP contribution is -2.41. The molecule has 0 unspecified atom stereocenters. The number of para-hydroxylation sites is 1. The zero-order chi connectivity index (χ0) is 13.3. The van der Waals surface area contributed by atoms with Crippen molar-refractivity contribution < 1.29 is 4.79 Å². The van der Waals surface area contributed by atoms with E-state index in [1.54, 1.807) is 4.90 Å². The van der Waals surface area contributed by atoms with Gasteiger partial charge in [0.05, 0.1) is 6.67 Å². The van der Waals surface area contributed by atoms with E-state index >= 15 is 0 Å². The van der Waals surface area contributed by atoms with Gasteiger partial charge in [0.2, 0.25) is 0 Å². The first kappa shape index (κ1) is 15.8. The minimum absolute atomic E-state index is 0. The van der Waals surface area contributed by atoms with E-state index in [1.165, 1.54) is 0 Å². The van der Waals surface area contributed by atoms with E-state index in [2.05, 4.69) is 25.8 Å². The molecule has 5 heteroatoms. The standard InChI is InChI=1S/C14H21N3O.ClH/c1-14(2)10-17(11-15(14)3)13(18)16(4)12-8-6-5-7-9-12;/h5-9H,10-11H2,1-4H3;1H. The zero-order valence-corrected chi connectivity index (χ0v) is 12.8. The zero-order valence-electron chi connectivity index (χ0n) is 12.0. The molecule has 2 rings (SSSR count). The summed E-state index contributed by atoms with van der Waals surface area (Å²) >= 11 is 0. The fraction of sp³-hybridized carbons (Fsp3) is 0.500. The molecule has 0 aliphatic carbocycles. The SMILES string of the molecule is CN(C(=O)N1CN(C)C(C)(C)C1)c1ccccc1.Cl. The topological polar surface area (TPSA) is 26.8 Å². The Morgan fingerprint density at radius 1 is 1.26 bits per heavy atom. The number of urea groups is 1. The second kappa shape index (κ2) is 5.80. The first-order chi connectivity index (χ1) is 8.42. The molecule has 2 amide bonds. The molecular weight excluding hydrogens is 262 g/mol. The molecule has 0 aromatic heterocycles. The van der Waals surface area contributed by atoms with Crippen molar-refractivity contribution in [3.05, 3.63) is 30.3 Å². The van der Waals surface area contributed by atoms with Gasteiger partial charge in [-0.15, -0.1) is 12.4 Å². The van der Waals surface area contributed by atoms with Crippen LogP contribution in [0.3, 0.4) is 0 Å². The fourth-order valence-corrected chi connectivity index (χ4v) is 2.19. The van der Waals surface area contributed by atoms with Crippen LogP contribution in [-0.2, 0) is 0 Å². The molecule has 1 heterocycles. The molecule has 106 valence electrons. The lowest BCUT2D eigenvalue weighted by atomic mass is 10.1. The van der Waals surface area contributed by atoms with Crippen LogP contribution in [0.2, 0.25) is 0 Å². The summed E-state index contributed by atoms with van der Waals surface area (Å²) in [5.74, 6) is 0. The largest absolute Gasteiger partial charge is 0.325 e. The summed E-state index contributed by atoms with van der Waals surface area (Å²) in [6, 6.07) is 9.79. The van der Waals surface area contributed by atoms with E-state index in [0.717, 1.165) is 12.2 Å². The van der Waals surface area contributed by atoms with Crippen molar-refractivity contribution in [3.63, 3.8) is 0 Å². The number of halogens is 1. The highest BCUT2D eigenvalue weighted by Gasteiger charge is 2.37. The van der Waals surface area contributed by atoms with Crippen LogP contribution in [-0.4, -0.2) is 48.7 Å². The van der Waals surface area contributed by atoms with Crippen molar-refractivity contribution in [1.29, 1.82) is 0 Å². The Bertz CT molecular complexity index is 436. The van der Waals surface area contributed by atoms with Gasteiger partial charge in [-0.1, -0.05) is 18.2 Å². The molecule has 0 atom stereocenters. The second-order valence-corrected chi connectivity index (χ2v) is 5.53. The number of likely N-dealkylation sites (N-methyl/N-ethyl adjacent to an activating group) is 1. The second-order valence-electron chi connectivity index (χ2n) is 5.53. The van der Waals surface area contributed by atoms with Crippen LogP contribution >= 0.6 is 12.4 Å². The smallest absolute Gasteiger partial charge is 0.310 e. The summed E-state index contributed by atoms with van der Waals surface area (Å²) in [5.41, 5.74) is 0.975. The number of amides is 2. The summed E-state index contributed by atoms with van der Waals surface area (Å²) in [7, 11) is 3.87. The van der Waals surface area contributed by atoms with Gasteiger partial charge in [-0.2, -0.15) is 0 Å². The molecule has 19 heavy (non-hydrogen) atoms. The van der Waals surface area contributed by atoms with Gasteiger partial charge in [0, 0.05) is 24.8 Å². The van der Waals surface area contributed by atoms with Crippen LogP contribution in [0, 0.1) is 0 Å². The molecule has 0 N–H and O–H groups in total. The molecule has 1 saturated heterocycles. The average Bonchev–Trinajstić information content (AvgIpc) is 2.63. The van der Waals surface area contributed by atoms with Gasteiger partial charge in [-0.3, -0.25) is 9.80 Å². The molecule has 4 nitrogen and oxygen atoms in total. The van der Waals surface area contributed by atoms with E-state index in [0.29, 0.717) is 6.67 Å². The molecule has 0 spiro atoms. The van der Waals surface area contributed by atoms with Crippen LogP contribution in [0.25, 0.3) is 0 Å². The first-order valence-electron chi connectivity index (χ1n) is 6.21. The Labute approximate surface area is 121 Å². The highest BCUT2D eigenvalue weighted by atomic mass is 35.5. The lowest BCUT2D eigenvalue weighted by Gasteiger charge is -2.25. The third-order valence-electron chi connectivity index (χ3n) is 3.69. The normalized spacial score (nSPS) is 18.0. The Morgan fingerprint density at radius 3 is 2.32 bits per heavy atom. The predicted octanol–water partition coefficient (Wildman–Crippen LogP) is 2.65. The number of hydrogen-bond donors (Lipinski definition) is 0. The minimum atomic E-state index is 0. The quantitative estimate of drug-likeness (QED) is 0.792. The molecule has 1 aromatic carbocycles. The van der Waals surface area contributed by atoms with Crippen LogP contribution in [0.1, 0.15) is 13.8 Å². The molecule has 1 aliphatic rings. The van der Waals surface area contributed by atoms with Gasteiger partial charge in [-0.25, -0.2) is 4.79 Å². The average molecular weight is 284 g/mol. The lowest BCUT2D eigenvalue weighted by molar-refractivity contribution is 0.203. The maximum Gasteiger partial charge on any atom is 0.325 e. The van der Waals surface area contributed by atoms with E-state index < -0.39 is 0 Å². The number of hydrogen-bond acceptors (Lipinski definition) is 2. The molecule has 0 saturated carbocycles. The van der Waals surface area contributed by atoms with Crippen molar-refractivity contribution in [2.45, 2.75) is 19.4 Å². The Morgan fingerprint density at radius 2 is 1.84 bits per heavy atom. The van der Waals surface area contributed by atoms with Gasteiger partial charge in [0.15, 0.2) is 0 Å². The van der Waals surface area contributed by atoms with Crippen LogP contribution < -0.4 is 4.90 Å². The summed E-state index contributed by atoms with van der Waals surface area (Å²) in [6.07, 6.45) is 0. The molecule has 0 bridgehead atoms. The molecule has 0 radical (unpaired) electrons. The van der Waals surface area contributed by atoms with Crippen molar-refractivity contribution in [2.75, 3.05) is 32.2 Å². The Hall–Kier alpha value is -1.26. The molecular formula is C14H22ClN3O. The number of benzene rings is 1. The highest BCUT2D eigenvalue weighted by Crippen LogP contribution is 2.24. The third-order valence-corrected chi connectivity index (χ3v) is 3.69. The summed E-state index contributed by atoms with van der Waals surface area (Å²) in [6.45, 7) is 5.76. The third kappa shape index (κ3) is 3.19. The highest BCUT2D eigenvalue weighted by molar-refractivity contribution is 5.91. The predicted molar refractivity (Wildman–Crippen MR) is 80.9 cm³/mol. The minimum Gasteiger partial charge on any atom is -0.310 e. The Balaban J connectivity index is 0.00000180. The number of carbonyl (C=O) groups excluding carboxylic acids is 1. The van der Waals surface area contributed by atoms with Gasteiger partial charge in [0.25, 0.3) is 0 Å². The van der Waals surface area contributed by atoms with E-state index in [9.17, 15) is 4.79 Å². The van der Waals surface area contributed by atoms with Gasteiger partial charge < -0.3 is 4.90 Å². The van der Waals surface area contributed by atoms with Gasteiger partial charge >= 0.3 is 6.03 Å². The summed E-state index contributed by atoms with van der Waals surface area (Å²) < 4.78 is 0. The van der Waals surface area contributed by atoms with Gasteiger partial charge in [0.1, 0.15) is 0 Å². The number of nitrogens with zero attached hydrogens (tertiary/aromatic N) is 3. The maximum atomic E-state index is 12.4. The van der Waals surface area contributed by atoms with Crippen molar-refractivity contribution in [1.82, 2.24) is 9.80 Å². The molecule has 1 aromatic rings. The van der Waals surface area contributed by atoms with Crippen LogP contribution in [0.5, 0.6) is 0 Å². The number of rotatable bonds is 1. The van der Waals surface area contributed by atoms with Crippen LogP contribution in [0.15, 0.2) is 30.3 Å². The van der Waals surface area contributed by atoms with Crippen molar-refractivity contribution in [3.8, 4) is 0 Å². The van der Waals surface area contributed by atoms with Crippen molar-refractivity contribution >= 4 is 24.1 Å². The molecule has 1 aliphatic heterocycles. The van der Waals surface area contributed by atoms with Crippen LogP contribution in [0.4, 0.5) is 10.5 Å². The molecule has 1 fully saturated rings. The van der Waals surface area contributed by atoms with Gasteiger partial charge in [-0.05, 0) is 33.0 Å². The Kier molecular flexibility index (Phi) is 4.82. The first-order valence-corrected chi connectivity index (χ1v) is 6.21.